The molecule has 3 aromatic carbocycles. The highest BCUT2D eigenvalue weighted by atomic mass is 16.3. The standard InChI is InChI=1S/C29H25NO/c1-16-10-11-20-22-13-24-21(19-8-6-7-9-23(19)29(24,4)5)14-26(22)31-28(20)27(16)25-12-17(2)18(3)15-30-25/h6-15H,1-5H3. The molecule has 0 atom stereocenters. The Labute approximate surface area is 182 Å². The summed E-state index contributed by atoms with van der Waals surface area (Å²) in [4.78, 5) is 4.75. The fraction of sp³-hybridized carbons (Fsp3) is 0.207. The highest BCUT2D eigenvalue weighted by molar-refractivity contribution is 6.11. The van der Waals surface area contributed by atoms with Crippen LogP contribution in [0.2, 0.25) is 0 Å². The van der Waals surface area contributed by atoms with Crippen molar-refractivity contribution in [3.8, 4) is 22.4 Å². The van der Waals surface area contributed by atoms with Crippen LogP contribution in [0.5, 0.6) is 0 Å². The molecule has 0 radical (unpaired) electrons. The average Bonchev–Trinajstić information content (AvgIpc) is 3.22. The molecule has 0 saturated heterocycles. The number of furan rings is 1. The molecule has 0 aliphatic heterocycles. The van der Waals surface area contributed by atoms with Crippen molar-refractivity contribution in [2.75, 3.05) is 0 Å². The summed E-state index contributed by atoms with van der Waals surface area (Å²) in [6, 6.07) is 19.9. The van der Waals surface area contributed by atoms with E-state index in [2.05, 4.69) is 89.2 Å². The molecule has 0 amide bonds. The number of aromatic nitrogens is 1. The number of fused-ring (bicyclic) bond motifs is 6. The van der Waals surface area contributed by atoms with Gasteiger partial charge in [0, 0.05) is 27.9 Å². The van der Waals surface area contributed by atoms with Crippen LogP contribution in [-0.4, -0.2) is 4.98 Å². The second-order valence-electron chi connectivity index (χ2n) is 9.45. The molecule has 5 aromatic rings. The van der Waals surface area contributed by atoms with E-state index in [-0.39, 0.29) is 5.41 Å². The Morgan fingerprint density at radius 1 is 0.742 bits per heavy atom. The predicted octanol–water partition coefficient (Wildman–Crippen LogP) is 7.88. The topological polar surface area (TPSA) is 26.0 Å². The van der Waals surface area contributed by atoms with E-state index < -0.39 is 0 Å². The van der Waals surface area contributed by atoms with Crippen molar-refractivity contribution in [2.45, 2.75) is 40.0 Å². The summed E-state index contributed by atoms with van der Waals surface area (Å²) >= 11 is 0. The maximum absolute atomic E-state index is 6.56. The molecule has 1 aliphatic rings. The van der Waals surface area contributed by atoms with Crippen LogP contribution in [0.4, 0.5) is 0 Å². The number of benzene rings is 3. The maximum atomic E-state index is 6.56. The third-order valence-electron chi connectivity index (χ3n) is 7.18. The van der Waals surface area contributed by atoms with E-state index in [1.54, 1.807) is 0 Å². The molecule has 0 spiro atoms. The van der Waals surface area contributed by atoms with Gasteiger partial charge in [0.25, 0.3) is 0 Å². The number of nitrogens with zero attached hydrogens (tertiary/aromatic N) is 1. The van der Waals surface area contributed by atoms with E-state index in [0.29, 0.717) is 0 Å². The number of aryl methyl sites for hydroxylation is 3. The van der Waals surface area contributed by atoms with Gasteiger partial charge < -0.3 is 4.42 Å². The minimum absolute atomic E-state index is 0.0210. The van der Waals surface area contributed by atoms with Crippen LogP contribution in [0.25, 0.3) is 44.3 Å². The molecule has 1 aliphatic carbocycles. The molecule has 2 heteroatoms. The molecule has 2 nitrogen and oxygen atoms in total. The Kier molecular flexibility index (Phi) is 3.60. The maximum Gasteiger partial charge on any atom is 0.145 e. The molecule has 2 aromatic heterocycles. The van der Waals surface area contributed by atoms with E-state index in [4.69, 9.17) is 9.40 Å². The highest BCUT2D eigenvalue weighted by Gasteiger charge is 2.36. The predicted molar refractivity (Wildman–Crippen MR) is 129 cm³/mol. The fourth-order valence-corrected chi connectivity index (χ4v) is 5.21. The van der Waals surface area contributed by atoms with Crippen LogP contribution >= 0.6 is 0 Å². The smallest absolute Gasteiger partial charge is 0.145 e. The molecule has 0 saturated carbocycles. The molecule has 0 unspecified atom stereocenters. The molecular formula is C29H25NO. The van der Waals surface area contributed by atoms with Crippen LogP contribution in [0.15, 0.2) is 65.2 Å². The number of rotatable bonds is 1. The van der Waals surface area contributed by atoms with Crippen LogP contribution in [0.3, 0.4) is 0 Å². The van der Waals surface area contributed by atoms with Gasteiger partial charge in [0.2, 0.25) is 0 Å². The van der Waals surface area contributed by atoms with Gasteiger partial charge in [-0.1, -0.05) is 50.2 Å². The van der Waals surface area contributed by atoms with Crippen molar-refractivity contribution in [1.82, 2.24) is 4.98 Å². The Morgan fingerprint density at radius 2 is 1.55 bits per heavy atom. The second-order valence-corrected chi connectivity index (χ2v) is 9.45. The van der Waals surface area contributed by atoms with Crippen LogP contribution < -0.4 is 0 Å². The van der Waals surface area contributed by atoms with Gasteiger partial charge in [-0.3, -0.25) is 4.98 Å². The van der Waals surface area contributed by atoms with Crippen LogP contribution in [0, 0.1) is 20.8 Å². The van der Waals surface area contributed by atoms with Crippen molar-refractivity contribution in [2.24, 2.45) is 0 Å². The first-order valence-corrected chi connectivity index (χ1v) is 10.9. The Bertz CT molecular complexity index is 1530. The third-order valence-corrected chi connectivity index (χ3v) is 7.18. The quantitative estimate of drug-likeness (QED) is 0.284. The van der Waals surface area contributed by atoms with Gasteiger partial charge in [0.1, 0.15) is 11.2 Å². The van der Waals surface area contributed by atoms with Gasteiger partial charge in [0.05, 0.1) is 5.69 Å². The first-order valence-electron chi connectivity index (χ1n) is 10.9. The summed E-state index contributed by atoms with van der Waals surface area (Å²) in [5.41, 5.74) is 12.9. The zero-order chi connectivity index (χ0) is 21.5. The molecule has 6 rings (SSSR count). The lowest BCUT2D eigenvalue weighted by Crippen LogP contribution is -2.14. The van der Waals surface area contributed by atoms with Gasteiger partial charge >= 0.3 is 0 Å². The minimum Gasteiger partial charge on any atom is -0.455 e. The van der Waals surface area contributed by atoms with E-state index in [9.17, 15) is 0 Å². The van der Waals surface area contributed by atoms with E-state index in [1.807, 2.05) is 6.20 Å². The molecule has 2 heterocycles. The van der Waals surface area contributed by atoms with Crippen molar-refractivity contribution in [1.29, 1.82) is 0 Å². The number of hydrogen-bond acceptors (Lipinski definition) is 2. The Hall–Kier alpha value is -3.39. The highest BCUT2D eigenvalue weighted by Crippen LogP contribution is 2.51. The third kappa shape index (κ3) is 2.42. The molecule has 152 valence electrons. The first-order chi connectivity index (χ1) is 14.9. The van der Waals surface area contributed by atoms with Crippen molar-refractivity contribution in [3.05, 3.63) is 88.6 Å². The summed E-state index contributed by atoms with van der Waals surface area (Å²) < 4.78 is 6.56. The van der Waals surface area contributed by atoms with Crippen molar-refractivity contribution < 1.29 is 4.42 Å². The summed E-state index contributed by atoms with van der Waals surface area (Å²) in [5, 5.41) is 2.34. The largest absolute Gasteiger partial charge is 0.455 e. The fourth-order valence-electron chi connectivity index (χ4n) is 5.21. The van der Waals surface area contributed by atoms with E-state index in [1.165, 1.54) is 44.3 Å². The molecule has 0 bridgehead atoms. The molecular weight excluding hydrogens is 378 g/mol. The number of hydrogen-bond donors (Lipinski definition) is 0. The number of pyridine rings is 1. The average molecular weight is 404 g/mol. The first kappa shape index (κ1) is 18.4. The minimum atomic E-state index is -0.0210. The lowest BCUT2D eigenvalue weighted by Gasteiger charge is -2.21. The lowest BCUT2D eigenvalue weighted by atomic mass is 9.82. The summed E-state index contributed by atoms with van der Waals surface area (Å²) in [6.07, 6.45) is 1.96. The van der Waals surface area contributed by atoms with Crippen LogP contribution in [-0.2, 0) is 5.41 Å². The summed E-state index contributed by atoms with van der Waals surface area (Å²) in [7, 11) is 0. The van der Waals surface area contributed by atoms with Gasteiger partial charge in [-0.25, -0.2) is 0 Å². The van der Waals surface area contributed by atoms with E-state index in [0.717, 1.165) is 27.8 Å². The summed E-state index contributed by atoms with van der Waals surface area (Å²) in [6.45, 7) is 11.0. The zero-order valence-corrected chi connectivity index (χ0v) is 18.6. The normalized spacial score (nSPS) is 14.2. The van der Waals surface area contributed by atoms with Gasteiger partial charge in [-0.05, 0) is 77.9 Å². The van der Waals surface area contributed by atoms with Crippen molar-refractivity contribution >= 4 is 21.9 Å². The molecule has 0 N–H and O–H groups in total. The molecule has 31 heavy (non-hydrogen) atoms. The monoisotopic (exact) mass is 403 g/mol. The molecule has 0 fully saturated rings. The summed E-state index contributed by atoms with van der Waals surface area (Å²) in [5.74, 6) is 0. The lowest BCUT2D eigenvalue weighted by molar-refractivity contribution is 0.658. The zero-order valence-electron chi connectivity index (χ0n) is 18.6. The van der Waals surface area contributed by atoms with Crippen molar-refractivity contribution in [3.63, 3.8) is 0 Å². The Balaban J connectivity index is 1.68. The van der Waals surface area contributed by atoms with Gasteiger partial charge in [-0.2, -0.15) is 0 Å². The SMILES string of the molecule is Cc1cnc(-c2c(C)ccc3c2oc2cc4c(cc23)C(C)(C)c2ccccc2-4)cc1C. The van der Waals surface area contributed by atoms with E-state index >= 15 is 0 Å². The second kappa shape index (κ2) is 6.07. The van der Waals surface area contributed by atoms with Gasteiger partial charge in [-0.15, -0.1) is 0 Å². The Morgan fingerprint density at radius 3 is 2.35 bits per heavy atom. The van der Waals surface area contributed by atoms with Gasteiger partial charge in [0.15, 0.2) is 0 Å². The van der Waals surface area contributed by atoms with Crippen LogP contribution in [0.1, 0.15) is 41.7 Å².